The Morgan fingerprint density at radius 3 is 1.93 bits per heavy atom. The Bertz CT molecular complexity index is 595. The average Bonchev–Trinajstić information content (AvgIpc) is 2.61. The van der Waals surface area contributed by atoms with Gasteiger partial charge in [-0.1, -0.05) is 20.3 Å². The van der Waals surface area contributed by atoms with Gasteiger partial charge in [0.2, 0.25) is 17.7 Å². The van der Waals surface area contributed by atoms with Crippen molar-refractivity contribution < 1.29 is 39.3 Å². The fourth-order valence-corrected chi connectivity index (χ4v) is 2.10. The maximum absolute atomic E-state index is 12.5. The molecule has 0 aliphatic heterocycles. The molecule has 0 spiro atoms. The lowest BCUT2D eigenvalue weighted by Crippen LogP contribution is -2.58. The first-order valence-corrected chi connectivity index (χ1v) is 8.66. The van der Waals surface area contributed by atoms with E-state index in [1.807, 2.05) is 0 Å². The van der Waals surface area contributed by atoms with Crippen LogP contribution in [0.5, 0.6) is 0 Å². The zero-order chi connectivity index (χ0) is 22.0. The van der Waals surface area contributed by atoms with E-state index in [0.717, 1.165) is 0 Å². The van der Waals surface area contributed by atoms with Crippen molar-refractivity contribution >= 4 is 29.7 Å². The highest BCUT2D eigenvalue weighted by Gasteiger charge is 2.32. The molecule has 0 saturated heterocycles. The second-order valence-electron chi connectivity index (χ2n) is 6.41. The molecule has 0 fully saturated rings. The minimum atomic E-state index is -1.55. The van der Waals surface area contributed by atoms with E-state index in [0.29, 0.717) is 6.42 Å². The predicted molar refractivity (Wildman–Crippen MR) is 95.9 cm³/mol. The van der Waals surface area contributed by atoms with Gasteiger partial charge in [-0.05, 0) is 12.8 Å². The largest absolute Gasteiger partial charge is 0.481 e. The number of rotatable bonds is 12. The zero-order valence-corrected chi connectivity index (χ0v) is 16.0. The molecule has 5 unspecified atom stereocenters. The summed E-state index contributed by atoms with van der Waals surface area (Å²) in [5.74, 6) is -5.71. The minimum absolute atomic E-state index is 0.404. The molecule has 0 rings (SSSR count). The standard InChI is InChI=1S/C16H28N4O8/c1-4-7(2)13(16(28)18-6-11(24)25)20-14(26)9(5-10(22)23)19-15(27)12(17)8(3)21/h7-9,12-13,21H,4-6,17H2,1-3H3,(H,18,28)(H,19,27)(H,20,26)(H,22,23)(H,24,25). The van der Waals surface area contributed by atoms with Gasteiger partial charge in [0.1, 0.15) is 24.7 Å². The number of aliphatic hydroxyl groups is 1. The molecule has 12 nitrogen and oxygen atoms in total. The number of carbonyl (C=O) groups excluding carboxylic acids is 3. The van der Waals surface area contributed by atoms with E-state index in [9.17, 15) is 29.1 Å². The van der Waals surface area contributed by atoms with Crippen LogP contribution >= 0.6 is 0 Å². The van der Waals surface area contributed by atoms with Crippen molar-refractivity contribution in [1.82, 2.24) is 16.0 Å². The molecule has 28 heavy (non-hydrogen) atoms. The molecule has 3 amide bonds. The highest BCUT2D eigenvalue weighted by molar-refractivity contribution is 5.95. The van der Waals surface area contributed by atoms with Gasteiger partial charge < -0.3 is 37.0 Å². The summed E-state index contributed by atoms with van der Waals surface area (Å²) in [6.45, 7) is 3.98. The van der Waals surface area contributed by atoms with Crippen LogP contribution in [0.1, 0.15) is 33.6 Å². The molecular weight excluding hydrogens is 376 g/mol. The third kappa shape index (κ3) is 8.77. The monoisotopic (exact) mass is 404 g/mol. The molecule has 0 saturated carbocycles. The maximum Gasteiger partial charge on any atom is 0.322 e. The van der Waals surface area contributed by atoms with E-state index in [4.69, 9.17) is 15.9 Å². The van der Waals surface area contributed by atoms with Gasteiger partial charge in [0.05, 0.1) is 12.5 Å². The number of carboxylic acid groups (broad SMARTS) is 2. The van der Waals surface area contributed by atoms with Gasteiger partial charge in [-0.15, -0.1) is 0 Å². The topological polar surface area (TPSA) is 208 Å². The van der Waals surface area contributed by atoms with Crippen molar-refractivity contribution in [1.29, 1.82) is 0 Å². The molecule has 0 aliphatic rings. The van der Waals surface area contributed by atoms with Crippen molar-refractivity contribution in [2.45, 2.75) is 57.8 Å². The summed E-state index contributed by atoms with van der Waals surface area (Å²) in [7, 11) is 0. The number of aliphatic hydroxyl groups excluding tert-OH is 1. The van der Waals surface area contributed by atoms with Crippen LogP contribution in [0.2, 0.25) is 0 Å². The summed E-state index contributed by atoms with van der Waals surface area (Å²) < 4.78 is 0. The summed E-state index contributed by atoms with van der Waals surface area (Å²) in [4.78, 5) is 58.3. The van der Waals surface area contributed by atoms with Crippen molar-refractivity contribution in [3.05, 3.63) is 0 Å². The highest BCUT2D eigenvalue weighted by Crippen LogP contribution is 2.09. The highest BCUT2D eigenvalue weighted by atomic mass is 16.4. The lowest BCUT2D eigenvalue weighted by molar-refractivity contribution is -0.142. The second kappa shape index (κ2) is 11.9. The van der Waals surface area contributed by atoms with Gasteiger partial charge in [-0.25, -0.2) is 0 Å². The van der Waals surface area contributed by atoms with Crippen LogP contribution in [-0.2, 0) is 24.0 Å². The molecule has 5 atom stereocenters. The first kappa shape index (κ1) is 25.3. The van der Waals surface area contributed by atoms with E-state index in [1.165, 1.54) is 6.92 Å². The number of aliphatic carboxylic acids is 2. The Morgan fingerprint density at radius 1 is 0.929 bits per heavy atom. The number of hydrogen-bond donors (Lipinski definition) is 7. The summed E-state index contributed by atoms with van der Waals surface area (Å²) in [5, 5.41) is 33.6. The van der Waals surface area contributed by atoms with Gasteiger partial charge in [0, 0.05) is 0 Å². The first-order valence-electron chi connectivity index (χ1n) is 8.66. The van der Waals surface area contributed by atoms with Crippen LogP contribution < -0.4 is 21.7 Å². The Morgan fingerprint density at radius 2 is 1.50 bits per heavy atom. The van der Waals surface area contributed by atoms with E-state index < -0.39 is 72.8 Å². The molecule has 0 heterocycles. The molecule has 12 heteroatoms. The summed E-state index contributed by atoms with van der Waals surface area (Å²) >= 11 is 0. The molecule has 0 bridgehead atoms. The van der Waals surface area contributed by atoms with E-state index >= 15 is 0 Å². The van der Waals surface area contributed by atoms with Crippen LogP contribution in [0.3, 0.4) is 0 Å². The fraction of sp³-hybridized carbons (Fsp3) is 0.688. The second-order valence-corrected chi connectivity index (χ2v) is 6.41. The van der Waals surface area contributed by atoms with Crippen LogP contribution in [0.4, 0.5) is 0 Å². The Hall–Kier alpha value is -2.73. The van der Waals surface area contributed by atoms with Gasteiger partial charge in [0.25, 0.3) is 0 Å². The number of nitrogens with two attached hydrogens (primary N) is 1. The molecule has 0 aromatic carbocycles. The SMILES string of the molecule is CCC(C)C(NC(=O)C(CC(=O)O)NC(=O)C(N)C(C)O)C(=O)NCC(=O)O. The normalized spacial score (nSPS) is 16.0. The van der Waals surface area contributed by atoms with Crippen molar-refractivity contribution in [3.63, 3.8) is 0 Å². The van der Waals surface area contributed by atoms with Crippen LogP contribution in [0, 0.1) is 5.92 Å². The minimum Gasteiger partial charge on any atom is -0.481 e. The Labute approximate surface area is 161 Å². The van der Waals surface area contributed by atoms with Crippen molar-refractivity contribution in [3.8, 4) is 0 Å². The average molecular weight is 404 g/mol. The first-order chi connectivity index (χ1) is 12.9. The molecular formula is C16H28N4O8. The van der Waals surface area contributed by atoms with Crippen molar-refractivity contribution in [2.75, 3.05) is 6.54 Å². The van der Waals surface area contributed by atoms with E-state index in [1.54, 1.807) is 13.8 Å². The lowest BCUT2D eigenvalue weighted by atomic mass is 9.97. The molecule has 0 aromatic rings. The number of nitrogens with one attached hydrogen (secondary N) is 3. The molecule has 0 radical (unpaired) electrons. The molecule has 8 N–H and O–H groups in total. The van der Waals surface area contributed by atoms with E-state index in [2.05, 4.69) is 16.0 Å². The number of carboxylic acids is 2. The predicted octanol–water partition coefficient (Wildman–Crippen LogP) is -2.61. The van der Waals surface area contributed by atoms with Crippen LogP contribution in [-0.4, -0.2) is 75.8 Å². The van der Waals surface area contributed by atoms with Crippen LogP contribution in [0.15, 0.2) is 0 Å². The fourth-order valence-electron chi connectivity index (χ4n) is 2.10. The van der Waals surface area contributed by atoms with Gasteiger partial charge in [-0.3, -0.25) is 24.0 Å². The molecule has 0 aliphatic carbocycles. The summed E-state index contributed by atoms with van der Waals surface area (Å²) in [5.41, 5.74) is 5.47. The number of hydrogen-bond acceptors (Lipinski definition) is 7. The summed E-state index contributed by atoms with van der Waals surface area (Å²) in [6, 6.07) is -4.07. The van der Waals surface area contributed by atoms with Crippen LogP contribution in [0.25, 0.3) is 0 Å². The summed E-state index contributed by atoms with van der Waals surface area (Å²) in [6.07, 6.45) is -1.56. The molecule has 0 aromatic heterocycles. The number of amides is 3. The smallest absolute Gasteiger partial charge is 0.322 e. The third-order valence-electron chi connectivity index (χ3n) is 4.04. The van der Waals surface area contributed by atoms with Gasteiger partial charge in [0.15, 0.2) is 0 Å². The Balaban J connectivity index is 5.34. The molecule has 160 valence electrons. The van der Waals surface area contributed by atoms with Crippen molar-refractivity contribution in [2.24, 2.45) is 11.7 Å². The lowest BCUT2D eigenvalue weighted by Gasteiger charge is -2.26. The number of carbonyl (C=O) groups is 5. The maximum atomic E-state index is 12.5. The van der Waals surface area contributed by atoms with E-state index in [-0.39, 0.29) is 0 Å². The Kier molecular flexibility index (Phi) is 10.7. The third-order valence-corrected chi connectivity index (χ3v) is 4.04. The zero-order valence-electron chi connectivity index (χ0n) is 16.0. The van der Waals surface area contributed by atoms with Gasteiger partial charge in [-0.2, -0.15) is 0 Å². The quantitative estimate of drug-likeness (QED) is 0.181. The van der Waals surface area contributed by atoms with Gasteiger partial charge >= 0.3 is 11.9 Å².